The fourth-order valence-corrected chi connectivity index (χ4v) is 4.61. The van der Waals surface area contributed by atoms with Crippen LogP contribution >= 0.6 is 11.8 Å². The number of rotatable bonds is 6. The summed E-state index contributed by atoms with van der Waals surface area (Å²) in [5.74, 6) is 0.184. The molecule has 8 heteroatoms. The van der Waals surface area contributed by atoms with Crippen molar-refractivity contribution in [3.8, 4) is 11.5 Å². The first kappa shape index (κ1) is 20.4. The molecule has 0 aliphatic carbocycles. The molecule has 4 rings (SSSR count). The molecule has 2 N–H and O–H groups in total. The SMILES string of the molecule is CN(C)CCn1cc(C2Cc3nccc(Oc4ccc(N)cc4F)c3S2)ccc1=O. The number of likely N-dealkylation sites (N-methyl/N-ethyl adjacent to an activating group) is 1. The number of benzene rings is 1. The maximum Gasteiger partial charge on any atom is 0.250 e. The first-order chi connectivity index (χ1) is 14.4. The number of nitrogen functional groups attached to an aromatic ring is 1. The van der Waals surface area contributed by atoms with Gasteiger partial charge in [-0.05, 0) is 31.8 Å². The van der Waals surface area contributed by atoms with E-state index in [0.717, 1.165) is 22.7 Å². The van der Waals surface area contributed by atoms with Crippen molar-refractivity contribution in [2.75, 3.05) is 26.4 Å². The summed E-state index contributed by atoms with van der Waals surface area (Å²) in [5.41, 5.74) is 7.92. The van der Waals surface area contributed by atoms with E-state index in [9.17, 15) is 9.18 Å². The molecule has 0 fully saturated rings. The Labute approximate surface area is 178 Å². The van der Waals surface area contributed by atoms with Gasteiger partial charge in [0.15, 0.2) is 11.6 Å². The molecule has 1 aliphatic rings. The van der Waals surface area contributed by atoms with Crippen LogP contribution in [0.2, 0.25) is 0 Å². The Hall–Kier alpha value is -2.84. The van der Waals surface area contributed by atoms with Crippen molar-refractivity contribution < 1.29 is 9.13 Å². The summed E-state index contributed by atoms with van der Waals surface area (Å²) in [5, 5.41) is 0.111. The Morgan fingerprint density at radius 2 is 2.10 bits per heavy atom. The lowest BCUT2D eigenvalue weighted by molar-refractivity contribution is 0.380. The number of halogens is 1. The smallest absolute Gasteiger partial charge is 0.250 e. The summed E-state index contributed by atoms with van der Waals surface area (Å²) in [6, 6.07) is 9.59. The molecule has 0 radical (unpaired) electrons. The Morgan fingerprint density at radius 1 is 1.27 bits per heavy atom. The number of hydrogen-bond acceptors (Lipinski definition) is 6. The van der Waals surface area contributed by atoms with Gasteiger partial charge in [-0.15, -0.1) is 11.8 Å². The van der Waals surface area contributed by atoms with Gasteiger partial charge in [-0.25, -0.2) is 4.39 Å². The molecule has 0 amide bonds. The van der Waals surface area contributed by atoms with Gasteiger partial charge in [-0.3, -0.25) is 9.78 Å². The predicted molar refractivity (Wildman–Crippen MR) is 117 cm³/mol. The number of pyridine rings is 2. The number of thioether (sulfide) groups is 1. The topological polar surface area (TPSA) is 73.4 Å². The second-order valence-corrected chi connectivity index (χ2v) is 8.70. The highest BCUT2D eigenvalue weighted by Gasteiger charge is 2.29. The van der Waals surface area contributed by atoms with Crippen LogP contribution in [0.1, 0.15) is 16.5 Å². The van der Waals surface area contributed by atoms with Gasteiger partial charge in [0.25, 0.3) is 5.56 Å². The standard InChI is InChI=1S/C22H23FN4O2S/c1-26(2)9-10-27-13-14(3-6-21(27)28)20-12-17-22(30-20)19(7-8-25-17)29-18-5-4-15(24)11-16(18)23/h3-8,11,13,20H,9-10,12,24H2,1-2H3. The number of fused-ring (bicyclic) bond motifs is 1. The normalized spacial score (nSPS) is 15.4. The van der Waals surface area contributed by atoms with Crippen LogP contribution in [0.5, 0.6) is 11.5 Å². The van der Waals surface area contributed by atoms with Crippen LogP contribution in [0.4, 0.5) is 10.1 Å². The van der Waals surface area contributed by atoms with Crippen molar-refractivity contribution in [3.05, 3.63) is 76.2 Å². The van der Waals surface area contributed by atoms with Crippen molar-refractivity contribution >= 4 is 17.4 Å². The van der Waals surface area contributed by atoms with Gasteiger partial charge >= 0.3 is 0 Å². The minimum Gasteiger partial charge on any atom is -0.453 e. The van der Waals surface area contributed by atoms with Crippen molar-refractivity contribution in [1.29, 1.82) is 0 Å². The molecule has 30 heavy (non-hydrogen) atoms. The fraction of sp³-hybridized carbons (Fsp3) is 0.273. The molecule has 0 bridgehead atoms. The number of hydrogen-bond donors (Lipinski definition) is 1. The summed E-state index contributed by atoms with van der Waals surface area (Å²) in [6.45, 7) is 1.42. The molecule has 0 saturated carbocycles. The van der Waals surface area contributed by atoms with E-state index in [-0.39, 0.29) is 16.6 Å². The molecule has 1 unspecified atom stereocenters. The summed E-state index contributed by atoms with van der Waals surface area (Å²) in [6.07, 6.45) is 4.31. The van der Waals surface area contributed by atoms with Gasteiger partial charge in [0.2, 0.25) is 0 Å². The molecular formula is C22H23FN4O2S. The van der Waals surface area contributed by atoms with E-state index in [1.165, 1.54) is 12.1 Å². The van der Waals surface area contributed by atoms with E-state index in [0.29, 0.717) is 24.4 Å². The fourth-order valence-electron chi connectivity index (χ4n) is 3.31. The molecule has 156 valence electrons. The quantitative estimate of drug-likeness (QED) is 0.606. The number of ether oxygens (including phenoxy) is 1. The van der Waals surface area contributed by atoms with Crippen LogP contribution < -0.4 is 16.0 Å². The number of nitrogens with two attached hydrogens (primary N) is 1. The first-order valence-electron chi connectivity index (χ1n) is 9.63. The molecule has 3 aromatic rings. The largest absolute Gasteiger partial charge is 0.453 e. The molecule has 6 nitrogen and oxygen atoms in total. The maximum atomic E-state index is 14.2. The highest BCUT2D eigenvalue weighted by Crippen LogP contribution is 2.50. The maximum absolute atomic E-state index is 14.2. The predicted octanol–water partition coefficient (Wildman–Crippen LogP) is 3.71. The number of aromatic nitrogens is 2. The van der Waals surface area contributed by atoms with Gasteiger partial charge in [-0.2, -0.15) is 0 Å². The second-order valence-electron chi connectivity index (χ2n) is 7.48. The van der Waals surface area contributed by atoms with Crippen molar-refractivity contribution in [3.63, 3.8) is 0 Å². The van der Waals surface area contributed by atoms with E-state index in [1.807, 2.05) is 31.3 Å². The van der Waals surface area contributed by atoms with Crippen LogP contribution in [0.3, 0.4) is 0 Å². The highest BCUT2D eigenvalue weighted by atomic mass is 32.2. The lowest BCUT2D eigenvalue weighted by Gasteiger charge is -2.15. The highest BCUT2D eigenvalue weighted by molar-refractivity contribution is 8.00. The lowest BCUT2D eigenvalue weighted by atomic mass is 10.1. The van der Waals surface area contributed by atoms with Crippen molar-refractivity contribution in [1.82, 2.24) is 14.5 Å². The van der Waals surface area contributed by atoms with E-state index in [4.69, 9.17) is 10.5 Å². The molecule has 2 aromatic heterocycles. The zero-order valence-corrected chi connectivity index (χ0v) is 17.7. The van der Waals surface area contributed by atoms with Gasteiger partial charge in [0.1, 0.15) is 5.75 Å². The number of anilines is 1. The van der Waals surface area contributed by atoms with Crippen LogP contribution in [0.15, 0.2) is 58.5 Å². The first-order valence-corrected chi connectivity index (χ1v) is 10.5. The molecular weight excluding hydrogens is 403 g/mol. The van der Waals surface area contributed by atoms with Crippen LogP contribution in [0.25, 0.3) is 0 Å². The van der Waals surface area contributed by atoms with E-state index in [1.54, 1.807) is 40.7 Å². The van der Waals surface area contributed by atoms with Gasteiger partial charge in [0.05, 0.1) is 10.6 Å². The van der Waals surface area contributed by atoms with Crippen LogP contribution in [-0.4, -0.2) is 35.1 Å². The summed E-state index contributed by atoms with van der Waals surface area (Å²) < 4.78 is 21.8. The molecule has 3 heterocycles. The third-order valence-corrected chi connectivity index (χ3v) is 6.32. The van der Waals surface area contributed by atoms with E-state index < -0.39 is 5.82 Å². The molecule has 0 saturated heterocycles. The molecule has 1 aromatic carbocycles. The third-order valence-electron chi connectivity index (χ3n) is 4.92. The average Bonchev–Trinajstić information content (AvgIpc) is 3.14. The summed E-state index contributed by atoms with van der Waals surface area (Å²) in [4.78, 5) is 19.6. The zero-order chi connectivity index (χ0) is 21.3. The summed E-state index contributed by atoms with van der Waals surface area (Å²) in [7, 11) is 3.96. The Kier molecular flexibility index (Phi) is 5.78. The Balaban J connectivity index is 1.57. The monoisotopic (exact) mass is 426 g/mol. The molecule has 1 atom stereocenters. The summed E-state index contributed by atoms with van der Waals surface area (Å²) >= 11 is 1.62. The van der Waals surface area contributed by atoms with Gasteiger partial charge < -0.3 is 19.9 Å². The number of nitrogens with zero attached hydrogens (tertiary/aromatic N) is 3. The average molecular weight is 427 g/mol. The van der Waals surface area contributed by atoms with Crippen LogP contribution in [-0.2, 0) is 13.0 Å². The molecule has 0 spiro atoms. The van der Waals surface area contributed by atoms with E-state index in [2.05, 4.69) is 4.98 Å². The van der Waals surface area contributed by atoms with Crippen LogP contribution in [0, 0.1) is 5.82 Å². The Morgan fingerprint density at radius 3 is 2.87 bits per heavy atom. The zero-order valence-electron chi connectivity index (χ0n) is 16.8. The van der Waals surface area contributed by atoms with E-state index >= 15 is 0 Å². The third kappa shape index (κ3) is 4.34. The second kappa shape index (κ2) is 8.49. The van der Waals surface area contributed by atoms with Gasteiger partial charge in [0, 0.05) is 61.0 Å². The lowest BCUT2D eigenvalue weighted by Crippen LogP contribution is -2.26. The minimum atomic E-state index is -0.506. The van der Waals surface area contributed by atoms with Crippen molar-refractivity contribution in [2.24, 2.45) is 0 Å². The van der Waals surface area contributed by atoms with Gasteiger partial charge in [-0.1, -0.05) is 6.07 Å². The Bertz CT molecular complexity index is 1130. The van der Waals surface area contributed by atoms with Crippen molar-refractivity contribution in [2.45, 2.75) is 23.1 Å². The minimum absolute atomic E-state index is 0.0120. The molecule has 1 aliphatic heterocycles.